The van der Waals surface area contributed by atoms with Crippen LogP contribution in [-0.4, -0.2) is 9.97 Å². The molecule has 1 aromatic carbocycles. The van der Waals surface area contributed by atoms with Gasteiger partial charge in [0.2, 0.25) is 0 Å². The van der Waals surface area contributed by atoms with Crippen LogP contribution in [0.2, 0.25) is 0 Å². The molecule has 2 heterocycles. The summed E-state index contributed by atoms with van der Waals surface area (Å²) in [6.07, 6.45) is -4.35. The first kappa shape index (κ1) is 15.2. The number of aromatic nitrogens is 2. The summed E-state index contributed by atoms with van der Waals surface area (Å²) in [4.78, 5) is 9.78. The fraction of sp³-hybridized carbons (Fsp3) is 0.200. The van der Waals surface area contributed by atoms with Gasteiger partial charge in [-0.25, -0.2) is 9.97 Å². The highest BCUT2D eigenvalue weighted by Gasteiger charge is 2.30. The molecule has 22 heavy (non-hydrogen) atoms. The summed E-state index contributed by atoms with van der Waals surface area (Å²) in [7, 11) is 0. The van der Waals surface area contributed by atoms with E-state index < -0.39 is 11.7 Å². The molecule has 7 heteroatoms. The van der Waals surface area contributed by atoms with Crippen LogP contribution in [0.1, 0.15) is 16.3 Å². The molecule has 0 aliphatic rings. The molecule has 0 amide bonds. The molecular weight excluding hydrogens is 329 g/mol. The molecule has 0 radical (unpaired) electrons. The predicted molar refractivity (Wildman–Crippen MR) is 83.1 cm³/mol. The molecule has 0 fully saturated rings. The van der Waals surface area contributed by atoms with Crippen LogP contribution in [0.15, 0.2) is 29.6 Å². The van der Waals surface area contributed by atoms with E-state index in [1.807, 2.05) is 19.2 Å². The van der Waals surface area contributed by atoms with Crippen LogP contribution in [0.4, 0.5) is 13.2 Å². The van der Waals surface area contributed by atoms with Crippen molar-refractivity contribution in [2.24, 2.45) is 0 Å². The Labute approximate surface area is 133 Å². The van der Waals surface area contributed by atoms with Gasteiger partial charge in [-0.2, -0.15) is 13.2 Å². The van der Waals surface area contributed by atoms with Gasteiger partial charge >= 0.3 is 6.18 Å². The molecule has 0 bridgehead atoms. The standard InChI is InChI=1S/C15H11F3N2S2/c1-8-13(22-9(2)19-8)12-7-21-14(20-12)10-4-3-5-11(6-10)15(16,17)18/h3-7H,1-2H3. The normalized spacial score (nSPS) is 11.9. The van der Waals surface area contributed by atoms with Gasteiger partial charge in [-0.15, -0.1) is 22.7 Å². The van der Waals surface area contributed by atoms with Crippen LogP contribution >= 0.6 is 22.7 Å². The van der Waals surface area contributed by atoms with Crippen LogP contribution in [-0.2, 0) is 6.18 Å². The minimum absolute atomic E-state index is 0.477. The maximum absolute atomic E-state index is 12.8. The molecule has 0 atom stereocenters. The number of rotatable bonds is 2. The summed E-state index contributed by atoms with van der Waals surface area (Å²) < 4.78 is 38.4. The predicted octanol–water partition coefficient (Wildman–Crippen LogP) is 5.57. The van der Waals surface area contributed by atoms with Crippen molar-refractivity contribution >= 4 is 22.7 Å². The first-order valence-corrected chi connectivity index (χ1v) is 8.12. The summed E-state index contributed by atoms with van der Waals surface area (Å²) in [6.45, 7) is 3.82. The number of thiazole rings is 2. The van der Waals surface area contributed by atoms with Gasteiger partial charge in [-0.3, -0.25) is 0 Å². The van der Waals surface area contributed by atoms with Gasteiger partial charge in [0.05, 0.1) is 26.8 Å². The molecule has 0 spiro atoms. The van der Waals surface area contributed by atoms with Gasteiger partial charge in [0.25, 0.3) is 0 Å². The molecule has 0 saturated carbocycles. The Hall–Kier alpha value is -1.73. The maximum atomic E-state index is 12.8. The highest BCUT2D eigenvalue weighted by molar-refractivity contribution is 7.16. The molecule has 3 rings (SSSR count). The van der Waals surface area contributed by atoms with Gasteiger partial charge in [0.1, 0.15) is 5.01 Å². The first-order chi connectivity index (χ1) is 10.3. The van der Waals surface area contributed by atoms with Crippen molar-refractivity contribution in [1.29, 1.82) is 0 Å². The van der Waals surface area contributed by atoms with Crippen molar-refractivity contribution in [3.8, 4) is 21.1 Å². The zero-order valence-electron chi connectivity index (χ0n) is 11.7. The molecule has 0 aliphatic heterocycles. The Morgan fingerprint density at radius 2 is 1.86 bits per heavy atom. The van der Waals surface area contributed by atoms with E-state index in [2.05, 4.69) is 9.97 Å². The van der Waals surface area contributed by atoms with Crippen LogP contribution in [0.5, 0.6) is 0 Å². The average molecular weight is 340 g/mol. The van der Waals surface area contributed by atoms with E-state index in [1.165, 1.54) is 28.7 Å². The van der Waals surface area contributed by atoms with E-state index in [0.717, 1.165) is 33.4 Å². The number of alkyl halides is 3. The average Bonchev–Trinajstić information content (AvgIpc) is 3.04. The molecule has 0 saturated heterocycles. The number of nitrogens with zero attached hydrogens (tertiary/aromatic N) is 2. The number of hydrogen-bond donors (Lipinski definition) is 0. The summed E-state index contributed by atoms with van der Waals surface area (Å²) in [5.74, 6) is 0. The Balaban J connectivity index is 1.99. The zero-order valence-corrected chi connectivity index (χ0v) is 13.4. The number of halogens is 3. The van der Waals surface area contributed by atoms with Crippen LogP contribution in [0.25, 0.3) is 21.1 Å². The Kier molecular flexibility index (Phi) is 3.78. The molecule has 114 valence electrons. The molecule has 2 nitrogen and oxygen atoms in total. The molecule has 3 aromatic rings. The molecule has 2 aromatic heterocycles. The third-order valence-electron chi connectivity index (χ3n) is 3.08. The molecule has 0 aliphatic carbocycles. The van der Waals surface area contributed by atoms with Crippen molar-refractivity contribution in [3.05, 3.63) is 45.9 Å². The highest BCUT2D eigenvalue weighted by Crippen LogP contribution is 2.36. The second kappa shape index (κ2) is 5.48. The second-order valence-corrected chi connectivity index (χ2v) is 6.83. The van der Waals surface area contributed by atoms with E-state index >= 15 is 0 Å². The highest BCUT2D eigenvalue weighted by atomic mass is 32.1. The monoisotopic (exact) mass is 340 g/mol. The summed E-state index contributed by atoms with van der Waals surface area (Å²) >= 11 is 2.87. The fourth-order valence-electron chi connectivity index (χ4n) is 2.11. The lowest BCUT2D eigenvalue weighted by Gasteiger charge is -2.07. The van der Waals surface area contributed by atoms with Gasteiger partial charge in [0.15, 0.2) is 0 Å². The van der Waals surface area contributed by atoms with E-state index in [1.54, 1.807) is 6.07 Å². The molecular formula is C15H11F3N2S2. The van der Waals surface area contributed by atoms with Crippen molar-refractivity contribution in [2.75, 3.05) is 0 Å². The van der Waals surface area contributed by atoms with Crippen molar-refractivity contribution < 1.29 is 13.2 Å². The quantitative estimate of drug-likeness (QED) is 0.609. The SMILES string of the molecule is Cc1nc(C)c(-c2csc(-c3cccc(C(F)(F)F)c3)n2)s1. The number of aryl methyl sites for hydroxylation is 2. The second-order valence-electron chi connectivity index (χ2n) is 4.76. The number of hydrogen-bond acceptors (Lipinski definition) is 4. The summed E-state index contributed by atoms with van der Waals surface area (Å²) in [5.41, 5.74) is 1.47. The van der Waals surface area contributed by atoms with E-state index in [-0.39, 0.29) is 0 Å². The van der Waals surface area contributed by atoms with Crippen molar-refractivity contribution in [3.63, 3.8) is 0 Å². The van der Waals surface area contributed by atoms with Crippen molar-refractivity contribution in [2.45, 2.75) is 20.0 Å². The summed E-state index contributed by atoms with van der Waals surface area (Å²) in [6, 6.07) is 5.24. The van der Waals surface area contributed by atoms with Crippen LogP contribution in [0, 0.1) is 13.8 Å². The third-order valence-corrected chi connectivity index (χ3v) is 5.06. The van der Waals surface area contributed by atoms with Gasteiger partial charge in [-0.05, 0) is 26.0 Å². The zero-order chi connectivity index (χ0) is 15.9. The Morgan fingerprint density at radius 3 is 2.50 bits per heavy atom. The molecule has 0 N–H and O–H groups in total. The van der Waals surface area contributed by atoms with E-state index in [4.69, 9.17) is 0 Å². The topological polar surface area (TPSA) is 25.8 Å². The van der Waals surface area contributed by atoms with Crippen molar-refractivity contribution in [1.82, 2.24) is 9.97 Å². The van der Waals surface area contributed by atoms with Crippen LogP contribution < -0.4 is 0 Å². The number of benzene rings is 1. The largest absolute Gasteiger partial charge is 0.416 e. The first-order valence-electron chi connectivity index (χ1n) is 6.42. The lowest BCUT2D eigenvalue weighted by Crippen LogP contribution is -2.04. The lowest BCUT2D eigenvalue weighted by atomic mass is 10.1. The minimum atomic E-state index is -4.35. The third kappa shape index (κ3) is 2.91. The lowest BCUT2D eigenvalue weighted by molar-refractivity contribution is -0.137. The maximum Gasteiger partial charge on any atom is 0.416 e. The Bertz CT molecular complexity index is 818. The summed E-state index contributed by atoms with van der Waals surface area (Å²) in [5, 5.41) is 3.38. The van der Waals surface area contributed by atoms with Gasteiger partial charge in [-0.1, -0.05) is 12.1 Å². The molecule has 0 unspecified atom stereocenters. The van der Waals surface area contributed by atoms with Gasteiger partial charge < -0.3 is 0 Å². The van der Waals surface area contributed by atoms with E-state index in [9.17, 15) is 13.2 Å². The van der Waals surface area contributed by atoms with Gasteiger partial charge in [0, 0.05) is 10.9 Å². The Morgan fingerprint density at radius 1 is 1.09 bits per heavy atom. The van der Waals surface area contributed by atoms with Crippen LogP contribution in [0.3, 0.4) is 0 Å². The smallest absolute Gasteiger partial charge is 0.246 e. The fourth-order valence-corrected chi connectivity index (χ4v) is 3.87. The minimum Gasteiger partial charge on any atom is -0.246 e. The van der Waals surface area contributed by atoms with E-state index in [0.29, 0.717) is 10.6 Å².